The summed E-state index contributed by atoms with van der Waals surface area (Å²) in [5.41, 5.74) is 1.04. The van der Waals surface area contributed by atoms with E-state index in [2.05, 4.69) is 25.2 Å². The zero-order chi connectivity index (χ0) is 15.2. The zero-order valence-corrected chi connectivity index (χ0v) is 12.2. The van der Waals surface area contributed by atoms with Gasteiger partial charge in [-0.15, -0.1) is 0 Å². The van der Waals surface area contributed by atoms with E-state index in [1.807, 2.05) is 17.0 Å². The van der Waals surface area contributed by atoms with E-state index in [4.69, 9.17) is 0 Å². The van der Waals surface area contributed by atoms with Crippen LogP contribution in [0.2, 0.25) is 0 Å². The molecule has 0 atom stereocenters. The maximum Gasteiger partial charge on any atom is 0.317 e. The van der Waals surface area contributed by atoms with Crippen LogP contribution in [0.5, 0.6) is 0 Å². The summed E-state index contributed by atoms with van der Waals surface area (Å²) in [5.74, 6) is 0.722. The van der Waals surface area contributed by atoms with Crippen LogP contribution in [0.15, 0.2) is 43.0 Å². The van der Waals surface area contributed by atoms with Crippen molar-refractivity contribution in [2.24, 2.45) is 0 Å². The minimum absolute atomic E-state index is 0.0366. The lowest BCUT2D eigenvalue weighted by Crippen LogP contribution is -2.52. The van der Waals surface area contributed by atoms with Crippen molar-refractivity contribution in [2.45, 2.75) is 6.54 Å². The van der Waals surface area contributed by atoms with Gasteiger partial charge in [0.1, 0.15) is 0 Å². The van der Waals surface area contributed by atoms with Crippen LogP contribution in [0.25, 0.3) is 0 Å². The number of carbonyl (C=O) groups excluding carboxylic acids is 1. The molecule has 3 heterocycles. The first-order chi connectivity index (χ1) is 10.8. The SMILES string of the molecule is O=C(NCc1ccncc1)N1CCN(c2ncccn2)CC1. The standard InChI is InChI=1S/C15H18N6O/c22-15(19-12-13-2-6-16-7-3-13)21-10-8-20(9-11-21)14-17-4-1-5-18-14/h1-7H,8-12H2,(H,19,22). The molecule has 22 heavy (non-hydrogen) atoms. The topological polar surface area (TPSA) is 74.2 Å². The molecule has 0 radical (unpaired) electrons. The Labute approximate surface area is 129 Å². The van der Waals surface area contributed by atoms with Crippen LogP contribution in [-0.4, -0.2) is 52.1 Å². The van der Waals surface area contributed by atoms with E-state index >= 15 is 0 Å². The van der Waals surface area contributed by atoms with E-state index < -0.39 is 0 Å². The monoisotopic (exact) mass is 298 g/mol. The van der Waals surface area contributed by atoms with Crippen LogP contribution >= 0.6 is 0 Å². The number of piperazine rings is 1. The Kier molecular flexibility index (Phi) is 4.43. The number of hydrogen-bond acceptors (Lipinski definition) is 5. The van der Waals surface area contributed by atoms with E-state index in [1.165, 1.54) is 0 Å². The highest BCUT2D eigenvalue weighted by Gasteiger charge is 2.22. The highest BCUT2D eigenvalue weighted by Crippen LogP contribution is 2.09. The summed E-state index contributed by atoms with van der Waals surface area (Å²) in [6, 6.07) is 5.55. The predicted octanol–water partition coefficient (Wildman–Crippen LogP) is 0.903. The highest BCUT2D eigenvalue weighted by atomic mass is 16.2. The van der Waals surface area contributed by atoms with E-state index in [9.17, 15) is 4.79 Å². The number of anilines is 1. The fourth-order valence-electron chi connectivity index (χ4n) is 2.35. The Bertz CT molecular complexity index is 598. The van der Waals surface area contributed by atoms with Crippen LogP contribution in [0.3, 0.4) is 0 Å². The molecule has 0 aromatic carbocycles. The fourth-order valence-corrected chi connectivity index (χ4v) is 2.35. The number of hydrogen-bond donors (Lipinski definition) is 1. The second-order valence-corrected chi connectivity index (χ2v) is 5.04. The highest BCUT2D eigenvalue weighted by molar-refractivity contribution is 5.74. The van der Waals surface area contributed by atoms with Crippen molar-refractivity contribution < 1.29 is 4.79 Å². The molecule has 1 aliphatic rings. The van der Waals surface area contributed by atoms with Gasteiger partial charge in [-0.2, -0.15) is 0 Å². The molecule has 7 nitrogen and oxygen atoms in total. The van der Waals surface area contributed by atoms with Crippen molar-refractivity contribution >= 4 is 12.0 Å². The molecule has 0 spiro atoms. The lowest BCUT2D eigenvalue weighted by molar-refractivity contribution is 0.193. The molecule has 114 valence electrons. The number of amides is 2. The summed E-state index contributed by atoms with van der Waals surface area (Å²) in [6.45, 7) is 3.34. The molecule has 1 fully saturated rings. The third-order valence-corrected chi connectivity index (χ3v) is 3.59. The number of rotatable bonds is 3. The fraction of sp³-hybridized carbons (Fsp3) is 0.333. The van der Waals surface area contributed by atoms with Gasteiger partial charge in [-0.3, -0.25) is 4.98 Å². The normalized spacial score (nSPS) is 14.7. The maximum atomic E-state index is 12.2. The average Bonchev–Trinajstić information content (AvgIpc) is 2.61. The lowest BCUT2D eigenvalue weighted by Gasteiger charge is -2.34. The van der Waals surface area contributed by atoms with Gasteiger partial charge in [0.05, 0.1) is 0 Å². The minimum Gasteiger partial charge on any atom is -0.337 e. The van der Waals surface area contributed by atoms with Crippen LogP contribution < -0.4 is 10.2 Å². The Balaban J connectivity index is 1.48. The molecule has 1 N–H and O–H groups in total. The number of carbonyl (C=O) groups is 1. The number of aromatic nitrogens is 3. The first-order valence-electron chi connectivity index (χ1n) is 7.26. The maximum absolute atomic E-state index is 12.2. The second-order valence-electron chi connectivity index (χ2n) is 5.04. The third kappa shape index (κ3) is 3.49. The average molecular weight is 298 g/mol. The van der Waals surface area contributed by atoms with Gasteiger partial charge in [-0.25, -0.2) is 14.8 Å². The number of nitrogens with one attached hydrogen (secondary N) is 1. The summed E-state index contributed by atoms with van der Waals surface area (Å²) in [4.78, 5) is 28.5. The van der Waals surface area contributed by atoms with E-state index in [-0.39, 0.29) is 6.03 Å². The summed E-state index contributed by atoms with van der Waals surface area (Å²) in [6.07, 6.45) is 6.91. The van der Waals surface area contributed by atoms with Crippen molar-refractivity contribution in [3.05, 3.63) is 48.5 Å². The molecule has 2 aromatic heterocycles. The van der Waals surface area contributed by atoms with E-state index in [0.717, 1.165) is 24.6 Å². The molecule has 7 heteroatoms. The summed E-state index contributed by atoms with van der Waals surface area (Å²) in [7, 11) is 0. The molecule has 1 saturated heterocycles. The van der Waals surface area contributed by atoms with Crippen LogP contribution in [0, 0.1) is 0 Å². The first-order valence-corrected chi connectivity index (χ1v) is 7.26. The van der Waals surface area contributed by atoms with Crippen LogP contribution in [0.4, 0.5) is 10.7 Å². The van der Waals surface area contributed by atoms with Crippen molar-refractivity contribution in [3.8, 4) is 0 Å². The van der Waals surface area contributed by atoms with E-state index in [0.29, 0.717) is 19.6 Å². The van der Waals surface area contributed by atoms with Gasteiger partial charge in [-0.05, 0) is 23.8 Å². The molecular formula is C15H18N6O. The van der Waals surface area contributed by atoms with Crippen LogP contribution in [-0.2, 0) is 6.54 Å². The summed E-state index contributed by atoms with van der Waals surface area (Å²) >= 11 is 0. The minimum atomic E-state index is -0.0366. The molecule has 0 bridgehead atoms. The Morgan fingerprint density at radius 2 is 1.73 bits per heavy atom. The van der Waals surface area contributed by atoms with Crippen molar-refractivity contribution in [3.63, 3.8) is 0 Å². The van der Waals surface area contributed by atoms with Gasteiger partial charge >= 0.3 is 6.03 Å². The molecule has 2 aromatic rings. The number of pyridine rings is 1. The second kappa shape index (κ2) is 6.84. The molecule has 1 aliphatic heterocycles. The smallest absolute Gasteiger partial charge is 0.317 e. The van der Waals surface area contributed by atoms with Crippen molar-refractivity contribution in [2.75, 3.05) is 31.1 Å². The van der Waals surface area contributed by atoms with Crippen molar-refractivity contribution in [1.82, 2.24) is 25.2 Å². The molecular weight excluding hydrogens is 280 g/mol. The van der Waals surface area contributed by atoms with Gasteiger partial charge < -0.3 is 15.1 Å². The third-order valence-electron chi connectivity index (χ3n) is 3.59. The van der Waals surface area contributed by atoms with Gasteiger partial charge in [-0.1, -0.05) is 0 Å². The molecule has 0 unspecified atom stereocenters. The predicted molar refractivity (Wildman–Crippen MR) is 82.3 cm³/mol. The summed E-state index contributed by atoms with van der Waals surface area (Å²) in [5, 5.41) is 2.93. The van der Waals surface area contributed by atoms with Gasteiger partial charge in [0.2, 0.25) is 5.95 Å². The zero-order valence-electron chi connectivity index (χ0n) is 12.2. The largest absolute Gasteiger partial charge is 0.337 e. The van der Waals surface area contributed by atoms with Gasteiger partial charge in [0.25, 0.3) is 0 Å². The molecule has 0 aliphatic carbocycles. The molecule has 2 amide bonds. The van der Waals surface area contributed by atoms with E-state index in [1.54, 1.807) is 30.9 Å². The summed E-state index contributed by atoms with van der Waals surface area (Å²) < 4.78 is 0. The number of nitrogens with zero attached hydrogens (tertiary/aromatic N) is 5. The van der Waals surface area contributed by atoms with Crippen molar-refractivity contribution in [1.29, 1.82) is 0 Å². The number of urea groups is 1. The molecule has 3 rings (SSSR count). The Morgan fingerprint density at radius 1 is 1.05 bits per heavy atom. The van der Waals surface area contributed by atoms with Gasteiger partial charge in [0.15, 0.2) is 0 Å². The van der Waals surface area contributed by atoms with Crippen LogP contribution in [0.1, 0.15) is 5.56 Å². The molecule has 0 saturated carbocycles. The Morgan fingerprint density at radius 3 is 2.41 bits per heavy atom. The van der Waals surface area contributed by atoms with Gasteiger partial charge in [0, 0.05) is 57.5 Å². The quantitative estimate of drug-likeness (QED) is 0.911. The Hall–Kier alpha value is -2.70. The first kappa shape index (κ1) is 14.2. The lowest BCUT2D eigenvalue weighted by atomic mass is 10.3.